The van der Waals surface area contributed by atoms with Crippen LogP contribution >= 0.6 is 0 Å². The maximum atomic E-state index is 6.06. The van der Waals surface area contributed by atoms with Gasteiger partial charge in [0.25, 0.3) is 0 Å². The maximum absolute atomic E-state index is 6.06. The van der Waals surface area contributed by atoms with Crippen molar-refractivity contribution in [2.75, 3.05) is 13.7 Å². The average molecular weight is 239 g/mol. The molecule has 98 valence electrons. The van der Waals surface area contributed by atoms with Crippen molar-refractivity contribution in [2.45, 2.75) is 51.6 Å². The van der Waals surface area contributed by atoms with Crippen molar-refractivity contribution in [1.82, 2.24) is 9.78 Å². The van der Waals surface area contributed by atoms with E-state index in [4.69, 9.17) is 10.5 Å². The first-order valence-corrected chi connectivity index (χ1v) is 6.46. The average Bonchev–Trinajstić information content (AvgIpc) is 2.77. The fraction of sp³-hybridized carbons (Fsp3) is 0.769. The third-order valence-corrected chi connectivity index (χ3v) is 3.10. The van der Waals surface area contributed by atoms with E-state index in [0.29, 0.717) is 6.04 Å². The summed E-state index contributed by atoms with van der Waals surface area (Å²) >= 11 is 0. The maximum Gasteiger partial charge on any atom is 0.0640 e. The molecule has 4 heteroatoms. The van der Waals surface area contributed by atoms with E-state index < -0.39 is 0 Å². The molecular weight excluding hydrogens is 214 g/mol. The van der Waals surface area contributed by atoms with Gasteiger partial charge in [0.15, 0.2) is 0 Å². The predicted molar refractivity (Wildman–Crippen MR) is 70.0 cm³/mol. The first-order chi connectivity index (χ1) is 8.17. The van der Waals surface area contributed by atoms with Gasteiger partial charge in [0.1, 0.15) is 0 Å². The molecule has 1 rings (SSSR count). The molecule has 0 saturated heterocycles. The van der Waals surface area contributed by atoms with Crippen molar-refractivity contribution < 1.29 is 4.74 Å². The first kappa shape index (κ1) is 14.2. The second kappa shape index (κ2) is 7.45. The molecule has 2 N–H and O–H groups in total. The Labute approximate surface area is 104 Å². The summed E-state index contributed by atoms with van der Waals surface area (Å²) in [6, 6.07) is 2.72. The lowest BCUT2D eigenvalue weighted by atomic mass is 10.1. The first-order valence-electron chi connectivity index (χ1n) is 6.46. The molecule has 1 heterocycles. The number of hydrogen-bond acceptors (Lipinski definition) is 3. The molecule has 0 aliphatic carbocycles. The lowest BCUT2D eigenvalue weighted by molar-refractivity contribution is 0.190. The van der Waals surface area contributed by atoms with Gasteiger partial charge < -0.3 is 10.5 Å². The summed E-state index contributed by atoms with van der Waals surface area (Å²) in [6.45, 7) is 5.13. The van der Waals surface area contributed by atoms with E-state index in [2.05, 4.69) is 25.0 Å². The van der Waals surface area contributed by atoms with Gasteiger partial charge in [0, 0.05) is 38.4 Å². The summed E-state index contributed by atoms with van der Waals surface area (Å²) in [4.78, 5) is 0. The molecule has 0 aliphatic heterocycles. The van der Waals surface area contributed by atoms with Gasteiger partial charge in [-0.3, -0.25) is 4.68 Å². The van der Waals surface area contributed by atoms with Crippen molar-refractivity contribution in [1.29, 1.82) is 0 Å². The molecular formula is C13H25N3O. The zero-order valence-corrected chi connectivity index (χ0v) is 11.2. The van der Waals surface area contributed by atoms with Crippen molar-refractivity contribution in [3.8, 4) is 0 Å². The number of rotatable bonds is 8. The minimum absolute atomic E-state index is 0.186. The molecule has 1 aromatic heterocycles. The van der Waals surface area contributed by atoms with Crippen LogP contribution in [0.15, 0.2) is 12.3 Å². The Balaban J connectivity index is 2.37. The van der Waals surface area contributed by atoms with Crippen LogP contribution in [0.1, 0.15) is 44.8 Å². The fourth-order valence-corrected chi connectivity index (χ4v) is 1.78. The Bertz CT molecular complexity index is 311. The number of aromatic nitrogens is 2. The van der Waals surface area contributed by atoms with E-state index in [1.54, 1.807) is 7.11 Å². The Morgan fingerprint density at radius 3 is 2.94 bits per heavy atom. The van der Waals surface area contributed by atoms with Crippen LogP contribution in [0.5, 0.6) is 0 Å². The summed E-state index contributed by atoms with van der Waals surface area (Å²) in [5.74, 6) is 0. The second-order valence-corrected chi connectivity index (χ2v) is 4.64. The standard InChI is InChI=1S/C13H25N3O/c1-4-11(2)16-8-7-13(15-16)10-12(14)6-5-9-17-3/h7-8,11-12H,4-6,9-10,14H2,1-3H3. The van der Waals surface area contributed by atoms with Crippen LogP contribution < -0.4 is 5.73 Å². The van der Waals surface area contributed by atoms with E-state index in [9.17, 15) is 0 Å². The highest BCUT2D eigenvalue weighted by molar-refractivity contribution is 5.01. The van der Waals surface area contributed by atoms with Crippen LogP contribution in [0.2, 0.25) is 0 Å². The lowest BCUT2D eigenvalue weighted by Gasteiger charge is -2.10. The molecule has 0 spiro atoms. The molecule has 0 aromatic carbocycles. The van der Waals surface area contributed by atoms with Gasteiger partial charge in [-0.25, -0.2) is 0 Å². The molecule has 0 radical (unpaired) electrons. The zero-order chi connectivity index (χ0) is 12.7. The van der Waals surface area contributed by atoms with E-state index in [0.717, 1.165) is 38.0 Å². The summed E-state index contributed by atoms with van der Waals surface area (Å²) < 4.78 is 7.04. The molecule has 4 nitrogen and oxygen atoms in total. The van der Waals surface area contributed by atoms with Crippen LogP contribution in [0.25, 0.3) is 0 Å². The fourth-order valence-electron chi connectivity index (χ4n) is 1.78. The van der Waals surface area contributed by atoms with Crippen LogP contribution in [0.3, 0.4) is 0 Å². The molecule has 17 heavy (non-hydrogen) atoms. The largest absolute Gasteiger partial charge is 0.385 e. The number of methoxy groups -OCH3 is 1. The predicted octanol–water partition coefficient (Wildman–Crippen LogP) is 2.15. The molecule has 2 unspecified atom stereocenters. The number of nitrogens with zero attached hydrogens (tertiary/aromatic N) is 2. The topological polar surface area (TPSA) is 53.1 Å². The minimum atomic E-state index is 0.186. The third kappa shape index (κ3) is 4.88. The summed E-state index contributed by atoms with van der Waals surface area (Å²) in [5, 5.41) is 4.55. The van der Waals surface area contributed by atoms with Crippen LogP contribution in [0, 0.1) is 0 Å². The van der Waals surface area contributed by atoms with Gasteiger partial charge in [0.05, 0.1) is 5.69 Å². The molecule has 0 bridgehead atoms. The SMILES string of the molecule is CCC(C)n1ccc(CC(N)CCCOC)n1. The van der Waals surface area contributed by atoms with Crippen molar-refractivity contribution in [3.05, 3.63) is 18.0 Å². The summed E-state index contributed by atoms with van der Waals surface area (Å²) in [5.41, 5.74) is 7.15. The zero-order valence-electron chi connectivity index (χ0n) is 11.2. The van der Waals surface area contributed by atoms with E-state index >= 15 is 0 Å². The molecule has 0 saturated carbocycles. The smallest absolute Gasteiger partial charge is 0.0640 e. The van der Waals surface area contributed by atoms with Gasteiger partial charge in [-0.15, -0.1) is 0 Å². The highest BCUT2D eigenvalue weighted by atomic mass is 16.5. The quantitative estimate of drug-likeness (QED) is 0.707. The number of nitrogens with two attached hydrogens (primary N) is 1. The van der Waals surface area contributed by atoms with E-state index in [-0.39, 0.29) is 6.04 Å². The normalized spacial score (nSPS) is 14.8. The van der Waals surface area contributed by atoms with Gasteiger partial charge in [0.2, 0.25) is 0 Å². The molecule has 0 fully saturated rings. The second-order valence-electron chi connectivity index (χ2n) is 4.64. The summed E-state index contributed by atoms with van der Waals surface area (Å²) in [7, 11) is 1.72. The molecule has 2 atom stereocenters. The van der Waals surface area contributed by atoms with Crippen molar-refractivity contribution >= 4 is 0 Å². The van der Waals surface area contributed by atoms with Crippen molar-refractivity contribution in [2.24, 2.45) is 5.73 Å². The Morgan fingerprint density at radius 1 is 1.53 bits per heavy atom. The Kier molecular flexibility index (Phi) is 6.22. The molecule has 0 aliphatic rings. The molecule has 0 amide bonds. The number of hydrogen-bond donors (Lipinski definition) is 1. The van der Waals surface area contributed by atoms with Crippen LogP contribution in [0.4, 0.5) is 0 Å². The monoisotopic (exact) mass is 239 g/mol. The van der Waals surface area contributed by atoms with Crippen molar-refractivity contribution in [3.63, 3.8) is 0 Å². The highest BCUT2D eigenvalue weighted by Gasteiger charge is 2.08. The van der Waals surface area contributed by atoms with Gasteiger partial charge >= 0.3 is 0 Å². The van der Waals surface area contributed by atoms with E-state index in [1.807, 2.05) is 10.9 Å². The van der Waals surface area contributed by atoms with Gasteiger partial charge in [-0.2, -0.15) is 5.10 Å². The van der Waals surface area contributed by atoms with Gasteiger partial charge in [-0.05, 0) is 32.3 Å². The third-order valence-electron chi connectivity index (χ3n) is 3.10. The van der Waals surface area contributed by atoms with Crippen LogP contribution in [-0.2, 0) is 11.2 Å². The Morgan fingerprint density at radius 2 is 2.29 bits per heavy atom. The summed E-state index contributed by atoms with van der Waals surface area (Å²) in [6.07, 6.45) is 6.01. The van der Waals surface area contributed by atoms with Crippen LogP contribution in [-0.4, -0.2) is 29.5 Å². The lowest BCUT2D eigenvalue weighted by Crippen LogP contribution is -2.23. The Hall–Kier alpha value is -0.870. The van der Waals surface area contributed by atoms with Gasteiger partial charge in [-0.1, -0.05) is 6.92 Å². The molecule has 1 aromatic rings. The number of ether oxygens (including phenoxy) is 1. The minimum Gasteiger partial charge on any atom is -0.385 e. The highest BCUT2D eigenvalue weighted by Crippen LogP contribution is 2.10. The van der Waals surface area contributed by atoms with E-state index in [1.165, 1.54) is 0 Å².